The topological polar surface area (TPSA) is 64.1 Å². The van der Waals surface area contributed by atoms with Crippen molar-refractivity contribution < 1.29 is 14.7 Å². The molecular weight excluding hydrogens is 318 g/mol. The van der Waals surface area contributed by atoms with Crippen LogP contribution in [0.25, 0.3) is 0 Å². The largest absolute Gasteiger partial charge is 0.390 e. The van der Waals surface area contributed by atoms with Gasteiger partial charge in [-0.3, -0.25) is 14.5 Å². The van der Waals surface area contributed by atoms with Crippen molar-refractivity contribution in [3.05, 3.63) is 35.4 Å². The molecular formula is C19H27N3O3. The fourth-order valence-electron chi connectivity index (χ4n) is 3.78. The zero-order valence-corrected chi connectivity index (χ0v) is 15.0. The summed E-state index contributed by atoms with van der Waals surface area (Å²) < 4.78 is 0. The van der Waals surface area contributed by atoms with Gasteiger partial charge >= 0.3 is 0 Å². The highest BCUT2D eigenvalue weighted by atomic mass is 16.3. The molecule has 2 saturated heterocycles. The van der Waals surface area contributed by atoms with Gasteiger partial charge in [-0.2, -0.15) is 0 Å². The van der Waals surface area contributed by atoms with Gasteiger partial charge in [0.2, 0.25) is 11.8 Å². The van der Waals surface area contributed by atoms with Gasteiger partial charge < -0.3 is 14.9 Å². The van der Waals surface area contributed by atoms with Crippen molar-refractivity contribution in [1.29, 1.82) is 0 Å². The number of hydrogen-bond acceptors (Lipinski definition) is 4. The third-order valence-corrected chi connectivity index (χ3v) is 5.44. The van der Waals surface area contributed by atoms with Gasteiger partial charge in [-0.1, -0.05) is 24.3 Å². The molecule has 0 aromatic heterocycles. The van der Waals surface area contributed by atoms with Crippen LogP contribution in [0.1, 0.15) is 18.1 Å². The van der Waals surface area contributed by atoms with E-state index in [2.05, 4.69) is 4.90 Å². The average Bonchev–Trinajstić information content (AvgIpc) is 2.99. The van der Waals surface area contributed by atoms with E-state index < -0.39 is 6.10 Å². The Hall–Kier alpha value is -1.92. The number of rotatable bonds is 3. The normalized spacial score (nSPS) is 24.6. The molecule has 2 atom stereocenters. The molecule has 6 heteroatoms. The maximum absolute atomic E-state index is 12.6. The molecule has 2 fully saturated rings. The molecule has 1 N–H and O–H groups in total. The van der Waals surface area contributed by atoms with Crippen LogP contribution in [0.4, 0.5) is 0 Å². The average molecular weight is 345 g/mol. The number of likely N-dealkylation sites (tertiary alicyclic amines) is 1. The summed E-state index contributed by atoms with van der Waals surface area (Å²) in [6.07, 6.45) is -0.144. The summed E-state index contributed by atoms with van der Waals surface area (Å²) in [7, 11) is 0. The predicted octanol–water partition coefficient (Wildman–Crippen LogP) is 0.273. The minimum Gasteiger partial charge on any atom is -0.390 e. The molecule has 2 amide bonds. The number of hydrogen-bond donors (Lipinski definition) is 1. The maximum Gasteiger partial charge on any atom is 0.227 e. The maximum atomic E-state index is 12.6. The molecule has 6 nitrogen and oxygen atoms in total. The van der Waals surface area contributed by atoms with E-state index in [4.69, 9.17) is 0 Å². The number of aliphatic hydroxyl groups excluding tert-OH is 1. The molecule has 2 aliphatic rings. The zero-order valence-electron chi connectivity index (χ0n) is 15.0. The van der Waals surface area contributed by atoms with Crippen molar-refractivity contribution in [2.45, 2.75) is 32.4 Å². The molecule has 0 radical (unpaired) electrons. The molecule has 3 rings (SSSR count). The second-order valence-electron chi connectivity index (χ2n) is 7.08. The Morgan fingerprint density at radius 3 is 2.40 bits per heavy atom. The van der Waals surface area contributed by atoms with Gasteiger partial charge in [0.15, 0.2) is 0 Å². The van der Waals surface area contributed by atoms with Crippen LogP contribution in [-0.2, 0) is 16.0 Å². The summed E-state index contributed by atoms with van der Waals surface area (Å²) in [5.41, 5.74) is 2.16. The Bertz CT molecular complexity index is 641. The lowest BCUT2D eigenvalue weighted by molar-refractivity contribution is -0.131. The first-order chi connectivity index (χ1) is 12.0. The van der Waals surface area contributed by atoms with Gasteiger partial charge in [0, 0.05) is 46.2 Å². The molecule has 25 heavy (non-hydrogen) atoms. The second kappa shape index (κ2) is 7.54. The fraction of sp³-hybridized carbons (Fsp3) is 0.579. The van der Waals surface area contributed by atoms with E-state index in [1.165, 1.54) is 0 Å². The highest BCUT2D eigenvalue weighted by Crippen LogP contribution is 2.20. The third-order valence-electron chi connectivity index (χ3n) is 5.44. The van der Waals surface area contributed by atoms with E-state index >= 15 is 0 Å². The van der Waals surface area contributed by atoms with E-state index in [1.54, 1.807) is 11.8 Å². The van der Waals surface area contributed by atoms with Crippen LogP contribution < -0.4 is 0 Å². The van der Waals surface area contributed by atoms with Gasteiger partial charge in [-0.25, -0.2) is 0 Å². The second-order valence-corrected chi connectivity index (χ2v) is 7.08. The minimum absolute atomic E-state index is 0.0325. The lowest BCUT2D eigenvalue weighted by Crippen LogP contribution is -2.54. The van der Waals surface area contributed by atoms with Crippen molar-refractivity contribution in [2.24, 2.45) is 0 Å². The number of β-amino-alcohol motifs (C(OH)–C–C–N with tert-alkyl or cyclic N) is 1. The smallest absolute Gasteiger partial charge is 0.227 e. The number of carbonyl (C=O) groups is 2. The Kier molecular flexibility index (Phi) is 5.39. The first-order valence-corrected chi connectivity index (χ1v) is 8.95. The van der Waals surface area contributed by atoms with Crippen molar-refractivity contribution in [3.63, 3.8) is 0 Å². The predicted molar refractivity (Wildman–Crippen MR) is 95.1 cm³/mol. The minimum atomic E-state index is -0.523. The summed E-state index contributed by atoms with van der Waals surface area (Å²) in [4.78, 5) is 29.9. The first-order valence-electron chi connectivity index (χ1n) is 8.95. The van der Waals surface area contributed by atoms with E-state index in [-0.39, 0.29) is 17.9 Å². The lowest BCUT2D eigenvalue weighted by Gasteiger charge is -2.38. The van der Waals surface area contributed by atoms with Crippen LogP contribution in [0.15, 0.2) is 24.3 Å². The molecule has 0 bridgehead atoms. The molecule has 2 heterocycles. The number of aliphatic hydroxyl groups is 1. The first kappa shape index (κ1) is 17.9. The quantitative estimate of drug-likeness (QED) is 0.854. The number of carbonyl (C=O) groups excluding carboxylic acids is 2. The Morgan fingerprint density at radius 2 is 1.76 bits per heavy atom. The van der Waals surface area contributed by atoms with Crippen LogP contribution in [-0.4, -0.2) is 83.0 Å². The molecule has 0 saturated carbocycles. The SMILES string of the molecule is CC(=O)N1CCN([C@@H]2CN(C(=O)Cc3ccccc3C)C[C@H]2O)CC1. The Balaban J connectivity index is 1.57. The van der Waals surface area contributed by atoms with E-state index in [9.17, 15) is 14.7 Å². The summed E-state index contributed by atoms with van der Waals surface area (Å²) in [6.45, 7) is 7.44. The summed E-state index contributed by atoms with van der Waals surface area (Å²) in [6, 6.07) is 7.89. The Labute approximate surface area is 149 Å². The van der Waals surface area contributed by atoms with Gasteiger partial charge in [-0.15, -0.1) is 0 Å². The fourth-order valence-corrected chi connectivity index (χ4v) is 3.78. The summed E-state index contributed by atoms with van der Waals surface area (Å²) in [5.74, 6) is 0.167. The monoisotopic (exact) mass is 345 g/mol. The molecule has 0 unspecified atom stereocenters. The molecule has 2 aliphatic heterocycles. The van der Waals surface area contributed by atoms with E-state index in [1.807, 2.05) is 36.1 Å². The summed E-state index contributed by atoms with van der Waals surface area (Å²) >= 11 is 0. The number of piperazine rings is 1. The van der Waals surface area contributed by atoms with Gasteiger partial charge in [0.05, 0.1) is 18.6 Å². The van der Waals surface area contributed by atoms with E-state index in [0.717, 1.165) is 24.2 Å². The molecule has 0 aliphatic carbocycles. The van der Waals surface area contributed by atoms with Crippen LogP contribution in [0.5, 0.6) is 0 Å². The van der Waals surface area contributed by atoms with Crippen molar-refractivity contribution in [2.75, 3.05) is 39.3 Å². The van der Waals surface area contributed by atoms with Gasteiger partial charge in [-0.05, 0) is 18.1 Å². The standard InChI is InChI=1S/C19H27N3O3/c1-14-5-3-4-6-16(14)11-19(25)22-12-17(18(24)13-22)21-9-7-20(8-10-21)15(2)23/h3-6,17-18,24H,7-13H2,1-2H3/t17-,18-/m1/s1. The molecule has 1 aromatic carbocycles. The summed E-state index contributed by atoms with van der Waals surface area (Å²) in [5, 5.41) is 10.4. The number of nitrogens with zero attached hydrogens (tertiary/aromatic N) is 3. The highest BCUT2D eigenvalue weighted by molar-refractivity contribution is 5.79. The molecule has 1 aromatic rings. The number of aryl methyl sites for hydroxylation is 1. The van der Waals surface area contributed by atoms with Crippen LogP contribution >= 0.6 is 0 Å². The molecule has 136 valence electrons. The number of amides is 2. The van der Waals surface area contributed by atoms with E-state index in [0.29, 0.717) is 32.6 Å². The molecule has 0 spiro atoms. The van der Waals surface area contributed by atoms with Crippen molar-refractivity contribution in [3.8, 4) is 0 Å². The number of benzene rings is 1. The van der Waals surface area contributed by atoms with Gasteiger partial charge in [0.25, 0.3) is 0 Å². The van der Waals surface area contributed by atoms with Crippen molar-refractivity contribution in [1.82, 2.24) is 14.7 Å². The Morgan fingerprint density at radius 1 is 1.08 bits per heavy atom. The van der Waals surface area contributed by atoms with Crippen LogP contribution in [0.2, 0.25) is 0 Å². The van der Waals surface area contributed by atoms with Crippen LogP contribution in [0, 0.1) is 6.92 Å². The third kappa shape index (κ3) is 4.02. The van der Waals surface area contributed by atoms with Crippen LogP contribution in [0.3, 0.4) is 0 Å². The van der Waals surface area contributed by atoms with Gasteiger partial charge in [0.1, 0.15) is 0 Å². The van der Waals surface area contributed by atoms with Crippen molar-refractivity contribution >= 4 is 11.8 Å². The highest BCUT2D eigenvalue weighted by Gasteiger charge is 2.38. The lowest BCUT2D eigenvalue weighted by atomic mass is 10.1. The zero-order chi connectivity index (χ0) is 18.0.